The Bertz CT molecular complexity index is 1660. The van der Waals surface area contributed by atoms with Gasteiger partial charge in [0.2, 0.25) is 0 Å². The topological polar surface area (TPSA) is 51.8 Å². The Morgan fingerprint density at radius 3 is 2.33 bits per heavy atom. The maximum atomic E-state index is 6.15. The van der Waals surface area contributed by atoms with Gasteiger partial charge in [0.25, 0.3) is 0 Å². The largest absolute Gasteiger partial charge is 0.500 e. The molecule has 6 heteroatoms. The molecule has 205 valence electrons. The van der Waals surface area contributed by atoms with Crippen LogP contribution in [0, 0.1) is 18.2 Å². The number of para-hydroxylation sites is 1. The van der Waals surface area contributed by atoms with Gasteiger partial charge in [-0.15, -0.1) is 35.9 Å². The van der Waals surface area contributed by atoms with Crippen LogP contribution < -0.4 is 5.19 Å². The van der Waals surface area contributed by atoms with Crippen LogP contribution in [0.3, 0.4) is 0 Å². The summed E-state index contributed by atoms with van der Waals surface area (Å²) < 4.78 is 6.15. The fourth-order valence-electron chi connectivity index (χ4n) is 4.76. The Kier molecular flexibility index (Phi) is 9.46. The summed E-state index contributed by atoms with van der Waals surface area (Å²) in [5, 5.41) is 3.53. The van der Waals surface area contributed by atoms with Crippen molar-refractivity contribution in [3.8, 4) is 22.5 Å². The molecule has 1 radical (unpaired) electrons. The first-order chi connectivity index (χ1) is 18.8. The van der Waals surface area contributed by atoms with Gasteiger partial charge in [0.15, 0.2) is 0 Å². The molecule has 6 aromatic rings. The maximum absolute atomic E-state index is 6.15. The minimum absolute atomic E-state index is 0. The summed E-state index contributed by atoms with van der Waals surface area (Å²) >= 11 is 0. The van der Waals surface area contributed by atoms with Crippen LogP contribution in [0.15, 0.2) is 95.8 Å². The first kappa shape index (κ1) is 29.5. The van der Waals surface area contributed by atoms with Gasteiger partial charge < -0.3 is 19.4 Å². The summed E-state index contributed by atoms with van der Waals surface area (Å²) in [6, 6.07) is 27.1. The molecule has 4 heterocycles. The predicted molar refractivity (Wildman–Crippen MR) is 164 cm³/mol. The number of hydrogen-bond acceptors (Lipinski definition) is 4. The van der Waals surface area contributed by atoms with E-state index in [2.05, 4.69) is 74.0 Å². The third kappa shape index (κ3) is 6.64. The fraction of sp³-hybridized carbons (Fsp3) is 0.206. The van der Waals surface area contributed by atoms with Crippen molar-refractivity contribution in [2.24, 2.45) is 5.92 Å². The monoisotopic (exact) mass is 720 g/mol. The van der Waals surface area contributed by atoms with Crippen molar-refractivity contribution in [2.45, 2.75) is 39.9 Å². The van der Waals surface area contributed by atoms with Crippen molar-refractivity contribution in [1.82, 2.24) is 15.0 Å². The van der Waals surface area contributed by atoms with Crippen LogP contribution in [0.2, 0.25) is 19.6 Å². The number of benzene rings is 2. The van der Waals surface area contributed by atoms with Gasteiger partial charge in [-0.3, -0.25) is 0 Å². The van der Waals surface area contributed by atoms with Gasteiger partial charge in [-0.05, 0) is 58.8 Å². The molecule has 40 heavy (non-hydrogen) atoms. The van der Waals surface area contributed by atoms with Gasteiger partial charge in [-0.25, -0.2) is 0 Å². The van der Waals surface area contributed by atoms with E-state index in [1.54, 1.807) is 6.20 Å². The van der Waals surface area contributed by atoms with Crippen LogP contribution in [-0.2, 0) is 26.5 Å². The molecule has 2 aromatic carbocycles. The van der Waals surface area contributed by atoms with E-state index in [4.69, 9.17) is 9.40 Å². The van der Waals surface area contributed by atoms with Gasteiger partial charge >= 0.3 is 0 Å². The maximum Gasteiger partial charge on any atom is 0.121 e. The molecule has 6 rings (SSSR count). The molecule has 0 N–H and O–H groups in total. The molecule has 0 aliphatic carbocycles. The summed E-state index contributed by atoms with van der Waals surface area (Å²) in [6.07, 6.45) is 9.88. The number of fused-ring (bicyclic) bond motifs is 3. The fourth-order valence-corrected chi connectivity index (χ4v) is 6.35. The van der Waals surface area contributed by atoms with Gasteiger partial charge in [0.1, 0.15) is 5.58 Å². The zero-order chi connectivity index (χ0) is 27.4. The van der Waals surface area contributed by atoms with Crippen LogP contribution in [0.4, 0.5) is 0 Å². The number of aromatic nitrogens is 3. The average molecular weight is 720 g/mol. The molecule has 0 spiro atoms. The Hall–Kier alpha value is -3.44. The molecule has 0 atom stereocenters. The molecular formula is C34H33IrN3OSi-2. The predicted octanol–water partition coefficient (Wildman–Crippen LogP) is 8.13. The Labute approximate surface area is 251 Å². The van der Waals surface area contributed by atoms with Gasteiger partial charge in [0.05, 0.1) is 13.7 Å². The van der Waals surface area contributed by atoms with Crippen molar-refractivity contribution in [2.75, 3.05) is 0 Å². The second-order valence-electron chi connectivity index (χ2n) is 11.2. The van der Waals surface area contributed by atoms with Gasteiger partial charge in [-0.2, -0.15) is 0 Å². The molecule has 0 bridgehead atoms. The zero-order valence-corrected chi connectivity index (χ0v) is 26.9. The van der Waals surface area contributed by atoms with Crippen LogP contribution >= 0.6 is 0 Å². The van der Waals surface area contributed by atoms with Crippen LogP contribution in [0.5, 0.6) is 0 Å². The van der Waals surface area contributed by atoms with Crippen LogP contribution in [0.25, 0.3) is 44.5 Å². The Morgan fingerprint density at radius 1 is 0.850 bits per heavy atom. The summed E-state index contributed by atoms with van der Waals surface area (Å²) in [5.41, 5.74) is 6.83. The molecule has 0 unspecified atom stereocenters. The number of rotatable bonds is 5. The van der Waals surface area contributed by atoms with E-state index in [9.17, 15) is 0 Å². The number of furan rings is 1. The first-order valence-corrected chi connectivity index (χ1v) is 16.9. The molecule has 0 fully saturated rings. The van der Waals surface area contributed by atoms with Crippen molar-refractivity contribution in [3.63, 3.8) is 0 Å². The van der Waals surface area contributed by atoms with Gasteiger partial charge in [0, 0.05) is 37.9 Å². The quantitative estimate of drug-likeness (QED) is 0.133. The summed E-state index contributed by atoms with van der Waals surface area (Å²) in [6.45, 7) is 11.7. The minimum Gasteiger partial charge on any atom is -0.500 e. The minimum atomic E-state index is -1.46. The van der Waals surface area contributed by atoms with E-state index < -0.39 is 8.07 Å². The number of hydrogen-bond donors (Lipinski definition) is 0. The van der Waals surface area contributed by atoms with E-state index in [1.165, 1.54) is 10.8 Å². The molecule has 0 saturated carbocycles. The first-order valence-electron chi connectivity index (χ1n) is 13.4. The number of pyridine rings is 3. The van der Waals surface area contributed by atoms with Crippen LogP contribution in [-0.4, -0.2) is 23.0 Å². The summed E-state index contributed by atoms with van der Waals surface area (Å²) in [7, 11) is -1.46. The smallest absolute Gasteiger partial charge is 0.121 e. The SMILES string of the molecule is CC(C)Cc1cc(-c2[c-]ncc3c2oc2ccccc23)ncc1[Si](C)(C)C.[Ir].[c-]1ccccc1-c1ccccn1. The van der Waals surface area contributed by atoms with Gasteiger partial charge in [-0.1, -0.05) is 81.0 Å². The second kappa shape index (κ2) is 12.8. The molecule has 0 amide bonds. The molecule has 4 nitrogen and oxygen atoms in total. The third-order valence-electron chi connectivity index (χ3n) is 6.56. The summed E-state index contributed by atoms with van der Waals surface area (Å²) in [5.74, 6) is 0.597. The Morgan fingerprint density at radius 2 is 1.62 bits per heavy atom. The standard InChI is InChI=1S/C23H25N2OSi.C11H8N.Ir/c1-15(2)10-16-11-20(25-14-22(16)27(3,4)5)19-13-24-12-18-17-8-6-7-9-21(17)26-23(18)19;1-2-6-10(7-3-1)11-8-4-5-9-12-11;/h6-9,11-12,14-15H,10H2,1-5H3;1-6,8-9H;/q2*-1;. The molecule has 4 aromatic heterocycles. The van der Waals surface area contributed by atoms with E-state index in [0.717, 1.165) is 50.9 Å². The Balaban J connectivity index is 0.000000238. The van der Waals surface area contributed by atoms with E-state index >= 15 is 0 Å². The zero-order valence-electron chi connectivity index (χ0n) is 23.5. The molecular weight excluding hydrogens is 687 g/mol. The number of nitrogens with zero attached hydrogens (tertiary/aromatic N) is 3. The third-order valence-corrected chi connectivity index (χ3v) is 8.63. The van der Waals surface area contributed by atoms with E-state index in [1.807, 2.05) is 66.9 Å². The normalized spacial score (nSPS) is 11.2. The molecule has 0 aliphatic rings. The second-order valence-corrected chi connectivity index (χ2v) is 16.2. The van der Waals surface area contributed by atoms with E-state index in [-0.39, 0.29) is 20.1 Å². The van der Waals surface area contributed by atoms with E-state index in [0.29, 0.717) is 5.92 Å². The van der Waals surface area contributed by atoms with Crippen molar-refractivity contribution < 1.29 is 24.5 Å². The van der Waals surface area contributed by atoms with Crippen molar-refractivity contribution >= 4 is 35.2 Å². The molecule has 0 aliphatic heterocycles. The van der Waals surface area contributed by atoms with Crippen molar-refractivity contribution in [3.05, 3.63) is 109 Å². The molecule has 0 saturated heterocycles. The average Bonchev–Trinajstić information content (AvgIpc) is 3.32. The summed E-state index contributed by atoms with van der Waals surface area (Å²) in [4.78, 5) is 13.4. The van der Waals surface area contributed by atoms with Crippen molar-refractivity contribution in [1.29, 1.82) is 0 Å². The van der Waals surface area contributed by atoms with Crippen LogP contribution in [0.1, 0.15) is 19.4 Å².